The molecular formula is C17H34N2O. The van der Waals surface area contributed by atoms with Crippen LogP contribution in [-0.4, -0.2) is 47.3 Å². The Hall–Kier alpha value is -0.120. The predicted molar refractivity (Wildman–Crippen MR) is 84.9 cm³/mol. The zero-order valence-electron chi connectivity index (χ0n) is 13.9. The van der Waals surface area contributed by atoms with Crippen LogP contribution in [-0.2, 0) is 0 Å². The van der Waals surface area contributed by atoms with Crippen LogP contribution in [0.25, 0.3) is 0 Å². The Balaban J connectivity index is 1.97. The third-order valence-electron chi connectivity index (χ3n) is 5.21. The van der Waals surface area contributed by atoms with Gasteiger partial charge in [-0.3, -0.25) is 4.90 Å². The van der Waals surface area contributed by atoms with E-state index in [2.05, 4.69) is 37.9 Å². The molecular weight excluding hydrogens is 248 g/mol. The minimum atomic E-state index is -0.0463. The van der Waals surface area contributed by atoms with Crippen LogP contribution < -0.4 is 5.32 Å². The molecule has 0 radical (unpaired) electrons. The smallest absolute Gasteiger partial charge is 0.0570 e. The number of piperidine rings is 1. The first-order valence-electron chi connectivity index (χ1n) is 8.61. The Labute approximate surface area is 125 Å². The molecule has 0 amide bonds. The third-order valence-corrected chi connectivity index (χ3v) is 5.21. The van der Waals surface area contributed by atoms with Gasteiger partial charge in [0.05, 0.1) is 6.10 Å². The summed E-state index contributed by atoms with van der Waals surface area (Å²) in [5.41, 5.74) is 0.363. The average Bonchev–Trinajstić information content (AvgIpc) is 2.60. The van der Waals surface area contributed by atoms with Gasteiger partial charge >= 0.3 is 0 Å². The number of fused-ring (bicyclic) bond motifs is 2. The summed E-state index contributed by atoms with van der Waals surface area (Å²) in [6, 6.07) is 1.84. The summed E-state index contributed by atoms with van der Waals surface area (Å²) in [7, 11) is 0. The van der Waals surface area contributed by atoms with Gasteiger partial charge in [0, 0.05) is 31.2 Å². The van der Waals surface area contributed by atoms with Crippen LogP contribution in [0.15, 0.2) is 0 Å². The van der Waals surface area contributed by atoms with Gasteiger partial charge in [-0.25, -0.2) is 0 Å². The van der Waals surface area contributed by atoms with Crippen molar-refractivity contribution in [3.05, 3.63) is 0 Å². The van der Waals surface area contributed by atoms with Crippen molar-refractivity contribution in [3.63, 3.8) is 0 Å². The van der Waals surface area contributed by atoms with E-state index in [1.54, 1.807) is 0 Å². The molecule has 2 bridgehead atoms. The second-order valence-electron chi connectivity index (χ2n) is 7.78. The van der Waals surface area contributed by atoms with Gasteiger partial charge in [0.15, 0.2) is 0 Å². The van der Waals surface area contributed by atoms with E-state index in [1.165, 1.54) is 32.2 Å². The molecule has 2 rings (SSSR count). The maximum Gasteiger partial charge on any atom is 0.0570 e. The van der Waals surface area contributed by atoms with E-state index in [0.29, 0.717) is 23.5 Å². The molecule has 0 aliphatic carbocycles. The molecule has 3 atom stereocenters. The van der Waals surface area contributed by atoms with Gasteiger partial charge in [0.1, 0.15) is 0 Å². The molecule has 0 saturated carbocycles. The van der Waals surface area contributed by atoms with Crippen molar-refractivity contribution in [1.29, 1.82) is 0 Å². The lowest BCUT2D eigenvalue weighted by Gasteiger charge is -2.43. The predicted octanol–water partition coefficient (Wildman–Crippen LogP) is 2.78. The first-order valence-corrected chi connectivity index (χ1v) is 8.61. The Morgan fingerprint density at radius 1 is 1.25 bits per heavy atom. The highest BCUT2D eigenvalue weighted by atomic mass is 16.3. The molecule has 20 heavy (non-hydrogen) atoms. The van der Waals surface area contributed by atoms with Gasteiger partial charge in [-0.15, -0.1) is 0 Å². The molecule has 0 spiro atoms. The topological polar surface area (TPSA) is 35.5 Å². The Bertz CT molecular complexity index is 293. The average molecular weight is 282 g/mol. The number of aliphatic hydroxyl groups excluding tert-OH is 1. The monoisotopic (exact) mass is 282 g/mol. The highest BCUT2D eigenvalue weighted by Crippen LogP contribution is 2.38. The Morgan fingerprint density at radius 3 is 2.35 bits per heavy atom. The molecule has 2 aliphatic heterocycles. The standard InChI is InChI=1S/C17H34N2O/c1-5-8-17(4,11-18-13(2)3)12-19-14-6-7-15(19)10-16(20)9-14/h13-16,18,20H,5-12H2,1-4H3. The summed E-state index contributed by atoms with van der Waals surface area (Å²) in [5, 5.41) is 13.6. The first-order chi connectivity index (χ1) is 9.43. The van der Waals surface area contributed by atoms with Crippen molar-refractivity contribution < 1.29 is 5.11 Å². The van der Waals surface area contributed by atoms with Gasteiger partial charge in [-0.05, 0) is 37.5 Å². The van der Waals surface area contributed by atoms with Gasteiger partial charge in [0.2, 0.25) is 0 Å². The van der Waals surface area contributed by atoms with E-state index in [4.69, 9.17) is 0 Å². The summed E-state index contributed by atoms with van der Waals surface area (Å²) in [5.74, 6) is 0. The fourth-order valence-electron chi connectivity index (χ4n) is 4.22. The molecule has 0 aromatic heterocycles. The maximum atomic E-state index is 9.95. The zero-order valence-corrected chi connectivity index (χ0v) is 13.9. The van der Waals surface area contributed by atoms with Gasteiger partial charge in [0.25, 0.3) is 0 Å². The number of rotatable bonds is 7. The van der Waals surface area contributed by atoms with Crippen LogP contribution in [0.4, 0.5) is 0 Å². The van der Waals surface area contributed by atoms with Crippen molar-refractivity contribution in [3.8, 4) is 0 Å². The Kier molecular flexibility index (Phi) is 5.49. The lowest BCUT2D eigenvalue weighted by Crippen LogP contribution is -2.51. The molecule has 2 aliphatic rings. The van der Waals surface area contributed by atoms with Crippen molar-refractivity contribution >= 4 is 0 Å². The summed E-state index contributed by atoms with van der Waals surface area (Å²) < 4.78 is 0. The third kappa shape index (κ3) is 3.96. The number of aliphatic hydroxyl groups is 1. The number of nitrogens with one attached hydrogen (secondary N) is 1. The molecule has 3 heteroatoms. The minimum absolute atomic E-state index is 0.0463. The van der Waals surface area contributed by atoms with E-state index in [-0.39, 0.29) is 6.10 Å². The van der Waals surface area contributed by atoms with Crippen LogP contribution in [0.5, 0.6) is 0 Å². The summed E-state index contributed by atoms with van der Waals surface area (Å²) in [6.45, 7) is 11.5. The molecule has 0 aromatic rings. The van der Waals surface area contributed by atoms with E-state index < -0.39 is 0 Å². The molecule has 2 N–H and O–H groups in total. The molecule has 2 fully saturated rings. The fraction of sp³-hybridized carbons (Fsp3) is 1.00. The fourth-order valence-corrected chi connectivity index (χ4v) is 4.22. The highest BCUT2D eigenvalue weighted by molar-refractivity contribution is 4.97. The van der Waals surface area contributed by atoms with Gasteiger partial charge in [-0.1, -0.05) is 34.1 Å². The first kappa shape index (κ1) is 16.3. The van der Waals surface area contributed by atoms with Crippen molar-refractivity contribution in [2.24, 2.45) is 5.41 Å². The lowest BCUT2D eigenvalue weighted by atomic mass is 9.83. The van der Waals surface area contributed by atoms with E-state index >= 15 is 0 Å². The summed E-state index contributed by atoms with van der Waals surface area (Å²) in [4.78, 5) is 2.73. The van der Waals surface area contributed by atoms with Crippen molar-refractivity contribution in [2.45, 2.75) is 90.4 Å². The number of hydrogen-bond donors (Lipinski definition) is 2. The van der Waals surface area contributed by atoms with Crippen LogP contribution >= 0.6 is 0 Å². The summed E-state index contributed by atoms with van der Waals surface area (Å²) in [6.07, 6.45) is 7.07. The van der Waals surface area contributed by atoms with Crippen molar-refractivity contribution in [1.82, 2.24) is 10.2 Å². The molecule has 3 unspecified atom stereocenters. The zero-order chi connectivity index (χ0) is 14.8. The van der Waals surface area contributed by atoms with E-state index in [0.717, 1.165) is 19.4 Å². The minimum Gasteiger partial charge on any atom is -0.393 e. The Morgan fingerprint density at radius 2 is 1.85 bits per heavy atom. The molecule has 0 aromatic carbocycles. The molecule has 3 nitrogen and oxygen atoms in total. The summed E-state index contributed by atoms with van der Waals surface area (Å²) >= 11 is 0. The second kappa shape index (κ2) is 6.76. The van der Waals surface area contributed by atoms with Crippen LogP contribution in [0.3, 0.4) is 0 Å². The quantitative estimate of drug-likeness (QED) is 0.754. The molecule has 2 heterocycles. The van der Waals surface area contributed by atoms with Crippen LogP contribution in [0.2, 0.25) is 0 Å². The molecule has 118 valence electrons. The second-order valence-corrected chi connectivity index (χ2v) is 7.78. The molecule has 2 saturated heterocycles. The van der Waals surface area contributed by atoms with Crippen LogP contribution in [0, 0.1) is 5.41 Å². The highest BCUT2D eigenvalue weighted by Gasteiger charge is 2.42. The number of hydrogen-bond acceptors (Lipinski definition) is 3. The largest absolute Gasteiger partial charge is 0.393 e. The van der Waals surface area contributed by atoms with Crippen LogP contribution in [0.1, 0.15) is 66.2 Å². The maximum absolute atomic E-state index is 9.95. The SMILES string of the molecule is CCCC(C)(CNC(C)C)CN1C2CCC1CC(O)C2. The normalized spacial score (nSPS) is 33.6. The lowest BCUT2D eigenvalue weighted by molar-refractivity contribution is 0.0105. The van der Waals surface area contributed by atoms with Gasteiger partial charge < -0.3 is 10.4 Å². The van der Waals surface area contributed by atoms with Crippen molar-refractivity contribution in [2.75, 3.05) is 13.1 Å². The van der Waals surface area contributed by atoms with Gasteiger partial charge in [-0.2, -0.15) is 0 Å². The van der Waals surface area contributed by atoms with E-state index in [9.17, 15) is 5.11 Å². The van der Waals surface area contributed by atoms with E-state index in [1.807, 2.05) is 0 Å². The number of nitrogens with zero attached hydrogens (tertiary/aromatic N) is 1.